The number of fused-ring (bicyclic) bond motifs is 8. The van der Waals surface area contributed by atoms with Crippen LogP contribution < -0.4 is 0 Å². The lowest BCUT2D eigenvalue weighted by Crippen LogP contribution is -2.43. The zero-order valence-corrected chi connectivity index (χ0v) is 25.4. The van der Waals surface area contributed by atoms with E-state index >= 15 is 0 Å². The molecule has 3 aromatic heterocycles. The van der Waals surface area contributed by atoms with Gasteiger partial charge in [-0.05, 0) is 62.9 Å². The predicted octanol–water partition coefficient (Wildman–Crippen LogP) is 4.51. The van der Waals surface area contributed by atoms with Crippen molar-refractivity contribution in [3.63, 3.8) is 0 Å². The van der Waals surface area contributed by atoms with Crippen molar-refractivity contribution in [2.75, 3.05) is 7.11 Å². The fourth-order valence-electron chi connectivity index (χ4n) is 7.09. The topological polar surface area (TPSA) is 161 Å². The third-order valence-corrected chi connectivity index (χ3v) is 10.0. The number of ether oxygens (including phenoxy) is 1. The van der Waals surface area contributed by atoms with Crippen LogP contribution in [0.4, 0.5) is 0 Å². The van der Waals surface area contributed by atoms with Crippen LogP contribution in [-0.2, 0) is 33.8 Å². The van der Waals surface area contributed by atoms with E-state index in [1.807, 2.05) is 19.9 Å². The lowest BCUT2D eigenvalue weighted by Gasteiger charge is -2.34. The number of nitrogens with one attached hydrogen (secondary N) is 2. The number of aromatic nitrogens is 4. The third-order valence-electron chi connectivity index (χ3n) is 10.0. The summed E-state index contributed by atoms with van der Waals surface area (Å²) in [6, 6.07) is 5.34. The molecule has 1 aliphatic carbocycles. The summed E-state index contributed by atoms with van der Waals surface area (Å²) in [7, 11) is 1.37. The van der Waals surface area contributed by atoms with Crippen LogP contribution in [0.5, 0.6) is 0 Å². The highest BCUT2D eigenvalue weighted by Crippen LogP contribution is 2.47. The van der Waals surface area contributed by atoms with Crippen molar-refractivity contribution in [3.8, 4) is 0 Å². The summed E-state index contributed by atoms with van der Waals surface area (Å²) in [4.78, 5) is 42.3. The van der Waals surface area contributed by atoms with E-state index in [4.69, 9.17) is 14.7 Å². The van der Waals surface area contributed by atoms with Crippen molar-refractivity contribution in [1.29, 1.82) is 0 Å². The number of hydrogen-bond donors (Lipinski definition) is 5. The van der Waals surface area contributed by atoms with Gasteiger partial charge in [0.2, 0.25) is 0 Å². The van der Waals surface area contributed by atoms with Gasteiger partial charge in [0.1, 0.15) is 11.2 Å². The summed E-state index contributed by atoms with van der Waals surface area (Å²) in [5.41, 5.74) is 4.88. The van der Waals surface area contributed by atoms with E-state index in [2.05, 4.69) is 16.9 Å². The molecule has 5 heterocycles. The Hall–Kier alpha value is -3.86. The molecule has 2 aliphatic heterocycles. The van der Waals surface area contributed by atoms with Gasteiger partial charge in [0.05, 0.1) is 36.3 Å². The molecule has 3 aliphatic rings. The van der Waals surface area contributed by atoms with Crippen molar-refractivity contribution < 1.29 is 29.6 Å². The van der Waals surface area contributed by atoms with E-state index in [-0.39, 0.29) is 60.8 Å². The summed E-state index contributed by atoms with van der Waals surface area (Å²) in [6.07, 6.45) is 1.11. The molecule has 43 heavy (non-hydrogen) atoms. The Morgan fingerprint density at radius 1 is 1.07 bits per heavy atom. The molecule has 0 radical (unpaired) electrons. The first-order valence-corrected chi connectivity index (χ1v) is 14.8. The standard InChI is InChI=1S/C33H38N4O6/c1-7-33(42)27-12-23-17(4)29-25(39)10-19(31(29)36-23)30-18(8-9-28(40)43-6)15(2)22(35-30)11-21-16(3)20(14-38)24(34-21)13-26(37-27)32(33,5)41/h11-13,15,18,34,36,38,41-42H,7-10,14H2,1-6H3/t15-,18-,32-,33+/m0/s1. The van der Waals surface area contributed by atoms with Gasteiger partial charge in [-0.25, -0.2) is 0 Å². The van der Waals surface area contributed by atoms with Gasteiger partial charge in [0.15, 0.2) is 5.78 Å². The fourth-order valence-corrected chi connectivity index (χ4v) is 7.09. The van der Waals surface area contributed by atoms with Crippen LogP contribution in [-0.4, -0.2) is 54.1 Å². The van der Waals surface area contributed by atoms with E-state index in [9.17, 15) is 24.9 Å². The molecule has 10 heteroatoms. The number of methoxy groups -OCH3 is 1. The maximum Gasteiger partial charge on any atom is 0.305 e. The second-order valence-corrected chi connectivity index (χ2v) is 12.2. The number of Topliss-reactive ketones (excluding diaryl/α,β-unsaturated/α-hetero) is 1. The SMILES string of the molecule is CC[C@@]1(O)c2cc3[nH]c4c(c5nc(cc6[nH]c(cc(n2)[C@]1(C)O)c(CO)c6C)[C@@H](C)[C@@H]5CCC(=O)OC)CC(=O)c4c3C. The average molecular weight is 587 g/mol. The van der Waals surface area contributed by atoms with Crippen LogP contribution in [0.3, 0.4) is 0 Å². The number of hydrogen-bond acceptors (Lipinski definition) is 8. The van der Waals surface area contributed by atoms with Crippen LogP contribution in [0, 0.1) is 13.8 Å². The minimum absolute atomic E-state index is 0.0249. The van der Waals surface area contributed by atoms with Gasteiger partial charge in [-0.2, -0.15) is 0 Å². The van der Waals surface area contributed by atoms with Gasteiger partial charge in [0.25, 0.3) is 0 Å². The molecule has 8 bridgehead atoms. The Bertz CT molecular complexity index is 1850. The van der Waals surface area contributed by atoms with Crippen LogP contribution in [0.15, 0.2) is 18.2 Å². The molecule has 226 valence electrons. The first-order chi connectivity index (χ1) is 20.4. The first-order valence-electron chi connectivity index (χ1n) is 14.8. The maximum absolute atomic E-state index is 13.4. The zero-order valence-electron chi connectivity index (χ0n) is 25.4. The number of H-pyrrole nitrogens is 2. The Labute approximate surface area is 249 Å². The number of carbonyl (C=O) groups excluding carboxylic acids is 2. The molecule has 4 atom stereocenters. The second-order valence-electron chi connectivity index (χ2n) is 12.2. The van der Waals surface area contributed by atoms with Crippen LogP contribution in [0.25, 0.3) is 22.1 Å². The smallest absolute Gasteiger partial charge is 0.305 e. The van der Waals surface area contributed by atoms with Crippen molar-refractivity contribution in [2.45, 2.75) is 89.9 Å². The van der Waals surface area contributed by atoms with Gasteiger partial charge < -0.3 is 30.0 Å². The van der Waals surface area contributed by atoms with Gasteiger partial charge >= 0.3 is 5.97 Å². The summed E-state index contributed by atoms with van der Waals surface area (Å²) in [5, 5.41) is 33.9. The summed E-state index contributed by atoms with van der Waals surface area (Å²) in [6.45, 7) is 8.92. The van der Waals surface area contributed by atoms with Gasteiger partial charge in [-0.1, -0.05) is 13.8 Å². The largest absolute Gasteiger partial charge is 0.469 e. The van der Waals surface area contributed by atoms with E-state index in [0.29, 0.717) is 34.1 Å². The highest BCUT2D eigenvalue weighted by atomic mass is 16.5. The number of carbonyl (C=O) groups is 2. The van der Waals surface area contributed by atoms with Crippen LogP contribution >= 0.6 is 0 Å². The quantitative estimate of drug-likeness (QED) is 0.273. The molecule has 0 unspecified atom stereocenters. The number of aliphatic hydroxyl groups is 3. The van der Waals surface area contributed by atoms with Gasteiger partial charge in [0, 0.05) is 63.6 Å². The predicted molar refractivity (Wildman–Crippen MR) is 161 cm³/mol. The van der Waals surface area contributed by atoms with Crippen molar-refractivity contribution in [2.24, 2.45) is 0 Å². The van der Waals surface area contributed by atoms with Crippen molar-refractivity contribution >= 4 is 33.8 Å². The van der Waals surface area contributed by atoms with E-state index in [1.165, 1.54) is 7.11 Å². The lowest BCUT2D eigenvalue weighted by molar-refractivity contribution is -0.148. The number of nitrogens with zero attached hydrogens (tertiary/aromatic N) is 2. The fraction of sp³-hybridized carbons (Fsp3) is 0.455. The molecule has 10 nitrogen and oxygen atoms in total. The van der Waals surface area contributed by atoms with E-state index in [1.54, 1.807) is 26.0 Å². The second kappa shape index (κ2) is 10.1. The molecular formula is C33H38N4O6. The molecule has 0 saturated carbocycles. The van der Waals surface area contributed by atoms with Gasteiger partial charge in [-0.15, -0.1) is 0 Å². The highest BCUT2D eigenvalue weighted by Gasteiger charge is 2.53. The lowest BCUT2D eigenvalue weighted by atomic mass is 9.80. The molecule has 0 aromatic carbocycles. The number of rotatable bonds is 5. The van der Waals surface area contributed by atoms with Gasteiger partial charge in [-0.3, -0.25) is 19.6 Å². The Kier molecular flexibility index (Phi) is 6.87. The summed E-state index contributed by atoms with van der Waals surface area (Å²) in [5.74, 6) is -0.513. The minimum atomic E-state index is -1.73. The molecular weight excluding hydrogens is 548 g/mol. The average Bonchev–Trinajstić information content (AvgIpc) is 3.70. The molecule has 3 aromatic rings. The Morgan fingerprint density at radius 3 is 2.44 bits per heavy atom. The third kappa shape index (κ3) is 4.18. The summed E-state index contributed by atoms with van der Waals surface area (Å²) < 4.78 is 4.93. The molecule has 0 amide bonds. The first kappa shape index (κ1) is 29.2. The number of ketones is 1. The number of esters is 1. The molecule has 0 saturated heterocycles. The van der Waals surface area contributed by atoms with Crippen molar-refractivity contribution in [3.05, 3.63) is 68.8 Å². The number of aryl methyl sites for hydroxylation is 2. The molecule has 0 spiro atoms. The molecule has 5 N–H and O–H groups in total. The maximum atomic E-state index is 13.4. The summed E-state index contributed by atoms with van der Waals surface area (Å²) >= 11 is 0. The zero-order chi connectivity index (χ0) is 31.0. The Balaban J connectivity index is 1.76. The van der Waals surface area contributed by atoms with Crippen LogP contribution in [0.2, 0.25) is 0 Å². The van der Waals surface area contributed by atoms with Crippen LogP contribution in [0.1, 0.15) is 107 Å². The highest BCUT2D eigenvalue weighted by molar-refractivity contribution is 6.13. The van der Waals surface area contributed by atoms with E-state index < -0.39 is 11.2 Å². The Morgan fingerprint density at radius 2 is 1.77 bits per heavy atom. The molecule has 0 fully saturated rings. The monoisotopic (exact) mass is 586 g/mol. The number of aliphatic hydroxyl groups excluding tert-OH is 1. The molecule has 6 rings (SSSR count). The number of aromatic amines is 2. The van der Waals surface area contributed by atoms with Crippen molar-refractivity contribution in [1.82, 2.24) is 19.9 Å². The normalized spacial score (nSPS) is 24.5. The minimum Gasteiger partial charge on any atom is -0.469 e. The van der Waals surface area contributed by atoms with E-state index in [0.717, 1.165) is 33.6 Å².